The van der Waals surface area contributed by atoms with E-state index in [4.69, 9.17) is 37.4 Å². The van der Waals surface area contributed by atoms with Crippen molar-refractivity contribution in [3.05, 3.63) is 83.7 Å². The molecule has 0 saturated carbocycles. The summed E-state index contributed by atoms with van der Waals surface area (Å²) in [5.41, 5.74) is 0.0360. The molecule has 1 fully saturated rings. The summed E-state index contributed by atoms with van der Waals surface area (Å²) in [5.74, 6) is -0.841. The Kier molecular flexibility index (Phi) is 10.4. The lowest BCUT2D eigenvalue weighted by molar-refractivity contribution is -0.137. The first-order valence-corrected chi connectivity index (χ1v) is 14.7. The Morgan fingerprint density at radius 2 is 1.74 bits per heavy atom. The lowest BCUT2D eigenvalue weighted by Gasteiger charge is -2.16. The summed E-state index contributed by atoms with van der Waals surface area (Å²) < 4.78 is 56.5. The number of imide groups is 1. The first kappa shape index (κ1) is 32.8. The molecule has 1 saturated heterocycles. The summed E-state index contributed by atoms with van der Waals surface area (Å²) in [5, 5.41) is 2.37. The molecule has 0 radical (unpaired) electrons. The molecule has 0 spiro atoms. The molecule has 1 aliphatic heterocycles. The van der Waals surface area contributed by atoms with Gasteiger partial charge in [0.05, 0.1) is 44.0 Å². The molecule has 8 nitrogen and oxygen atoms in total. The van der Waals surface area contributed by atoms with Crippen LogP contribution in [0.2, 0.25) is 10.0 Å². The van der Waals surface area contributed by atoms with Crippen molar-refractivity contribution >= 4 is 86.4 Å². The second-order valence-electron chi connectivity index (χ2n) is 8.80. The molecule has 3 aromatic rings. The lowest BCUT2D eigenvalue weighted by atomic mass is 10.1. The van der Waals surface area contributed by atoms with Crippen LogP contribution in [0.15, 0.2) is 53.4 Å². The SMILES string of the molecule is COc1ccc(C(F)(F)F)cc1NC(=O)CN1C(=O)S/C(=C\c2cc(I)c(OCc3ccc(Cl)c(Cl)c3)c(OC)c2)C1=O. The van der Waals surface area contributed by atoms with Gasteiger partial charge in [-0.3, -0.25) is 19.3 Å². The zero-order chi connectivity index (χ0) is 31.5. The highest BCUT2D eigenvalue weighted by Gasteiger charge is 2.37. The first-order chi connectivity index (χ1) is 20.3. The fourth-order valence-corrected chi connectivity index (χ4v) is 5.79. The zero-order valence-electron chi connectivity index (χ0n) is 22.2. The number of anilines is 1. The van der Waals surface area contributed by atoms with Gasteiger partial charge in [-0.2, -0.15) is 13.2 Å². The minimum atomic E-state index is -4.65. The maximum Gasteiger partial charge on any atom is 0.416 e. The number of nitrogens with zero attached hydrogens (tertiary/aromatic N) is 1. The second-order valence-corrected chi connectivity index (χ2v) is 11.8. The van der Waals surface area contributed by atoms with Gasteiger partial charge in [0.2, 0.25) is 5.91 Å². The minimum Gasteiger partial charge on any atom is -0.495 e. The van der Waals surface area contributed by atoms with Gasteiger partial charge in [-0.1, -0.05) is 29.3 Å². The van der Waals surface area contributed by atoms with Crippen molar-refractivity contribution in [3.8, 4) is 17.2 Å². The molecule has 0 unspecified atom stereocenters. The molecular formula is C28H20Cl2F3IN2O6S. The highest BCUT2D eigenvalue weighted by Crippen LogP contribution is 2.38. The molecule has 1 N–H and O–H groups in total. The van der Waals surface area contributed by atoms with Crippen LogP contribution in [0.5, 0.6) is 17.2 Å². The number of carbonyl (C=O) groups is 3. The first-order valence-electron chi connectivity index (χ1n) is 12.1. The topological polar surface area (TPSA) is 94.2 Å². The third-order valence-electron chi connectivity index (χ3n) is 5.89. The Morgan fingerprint density at radius 3 is 2.40 bits per heavy atom. The minimum absolute atomic E-state index is 0.0247. The molecule has 0 atom stereocenters. The van der Waals surface area contributed by atoms with E-state index < -0.39 is 35.3 Å². The van der Waals surface area contributed by atoms with E-state index in [1.165, 1.54) is 20.3 Å². The number of nitrogens with one attached hydrogen (secondary N) is 1. The van der Waals surface area contributed by atoms with E-state index in [9.17, 15) is 27.6 Å². The predicted molar refractivity (Wildman–Crippen MR) is 166 cm³/mol. The Labute approximate surface area is 271 Å². The number of hydrogen-bond acceptors (Lipinski definition) is 7. The monoisotopic (exact) mass is 766 g/mol. The largest absolute Gasteiger partial charge is 0.495 e. The van der Waals surface area contributed by atoms with Crippen molar-refractivity contribution in [2.24, 2.45) is 0 Å². The molecule has 43 heavy (non-hydrogen) atoms. The van der Waals surface area contributed by atoms with Crippen molar-refractivity contribution in [2.75, 3.05) is 26.1 Å². The number of thioether (sulfide) groups is 1. The number of alkyl halides is 3. The summed E-state index contributed by atoms with van der Waals surface area (Å²) in [6.07, 6.45) is -3.19. The quantitative estimate of drug-likeness (QED) is 0.175. The number of benzene rings is 3. The highest BCUT2D eigenvalue weighted by atomic mass is 127. The molecule has 1 aliphatic rings. The number of halogens is 6. The summed E-state index contributed by atoms with van der Waals surface area (Å²) in [4.78, 5) is 39.0. The van der Waals surface area contributed by atoms with E-state index in [2.05, 4.69) is 5.32 Å². The predicted octanol–water partition coefficient (Wildman–Crippen LogP) is 7.89. The van der Waals surface area contributed by atoms with E-state index >= 15 is 0 Å². The Bertz CT molecular complexity index is 1640. The lowest BCUT2D eigenvalue weighted by Crippen LogP contribution is -2.36. The van der Waals surface area contributed by atoms with E-state index in [-0.39, 0.29) is 22.9 Å². The number of carbonyl (C=O) groups excluding carboxylic acids is 3. The van der Waals surface area contributed by atoms with Crippen molar-refractivity contribution < 1.29 is 41.8 Å². The van der Waals surface area contributed by atoms with E-state index in [0.29, 0.717) is 53.4 Å². The molecular weight excluding hydrogens is 747 g/mol. The maximum atomic E-state index is 13.1. The van der Waals surface area contributed by atoms with E-state index in [0.717, 1.165) is 17.7 Å². The fourth-order valence-electron chi connectivity index (χ4n) is 3.85. The molecule has 3 amide bonds. The van der Waals surface area contributed by atoms with Gasteiger partial charge in [-0.15, -0.1) is 0 Å². The van der Waals surface area contributed by atoms with Gasteiger partial charge in [0.1, 0.15) is 18.9 Å². The summed E-state index contributed by atoms with van der Waals surface area (Å²) in [7, 11) is 2.68. The standard InChI is InChI=1S/C28H20Cl2F3IN2O6S/c1-40-21-6-4-16(28(31,32)33)11-20(21)35-24(37)12-36-26(38)23(43-27(36)39)10-15-8-19(34)25(22(9-15)41-2)42-13-14-3-5-17(29)18(30)7-14/h3-11H,12-13H2,1-2H3,(H,35,37)/b23-10-. The zero-order valence-corrected chi connectivity index (χ0v) is 26.7. The highest BCUT2D eigenvalue weighted by molar-refractivity contribution is 14.1. The van der Waals surface area contributed by atoms with Crippen LogP contribution >= 0.6 is 57.6 Å². The fraction of sp³-hybridized carbons (Fsp3) is 0.179. The van der Waals surface area contributed by atoms with Crippen molar-refractivity contribution in [1.29, 1.82) is 0 Å². The van der Waals surface area contributed by atoms with Crippen LogP contribution in [0, 0.1) is 3.57 Å². The molecule has 4 rings (SSSR count). The van der Waals surface area contributed by atoms with E-state index in [1.807, 2.05) is 22.6 Å². The van der Waals surface area contributed by atoms with Crippen molar-refractivity contribution in [2.45, 2.75) is 12.8 Å². The number of hydrogen-bond donors (Lipinski definition) is 1. The van der Waals surface area contributed by atoms with Gasteiger partial charge < -0.3 is 19.5 Å². The molecule has 0 bridgehead atoms. The van der Waals surface area contributed by atoms with Crippen LogP contribution < -0.4 is 19.5 Å². The number of methoxy groups -OCH3 is 2. The van der Waals surface area contributed by atoms with Gasteiger partial charge in [0.15, 0.2) is 11.5 Å². The molecule has 0 aliphatic carbocycles. The molecule has 3 aromatic carbocycles. The summed E-state index contributed by atoms with van der Waals surface area (Å²) >= 11 is 14.7. The average molecular weight is 767 g/mol. The van der Waals surface area contributed by atoms with Crippen LogP contribution in [-0.2, 0) is 22.4 Å². The van der Waals surface area contributed by atoms with E-state index in [1.54, 1.807) is 30.3 Å². The van der Waals surface area contributed by atoms with Crippen LogP contribution in [0.3, 0.4) is 0 Å². The third kappa shape index (κ3) is 7.88. The normalized spacial score (nSPS) is 14.3. The van der Waals surface area contributed by atoms with Crippen LogP contribution in [0.1, 0.15) is 16.7 Å². The van der Waals surface area contributed by atoms with Gasteiger partial charge >= 0.3 is 6.18 Å². The van der Waals surface area contributed by atoms with Crippen molar-refractivity contribution in [1.82, 2.24) is 4.90 Å². The van der Waals surface area contributed by atoms with Gasteiger partial charge in [0, 0.05) is 0 Å². The molecule has 1 heterocycles. The smallest absolute Gasteiger partial charge is 0.416 e. The molecule has 226 valence electrons. The van der Waals surface area contributed by atoms with Crippen LogP contribution in [-0.4, -0.2) is 42.7 Å². The van der Waals surface area contributed by atoms with Gasteiger partial charge in [0.25, 0.3) is 11.1 Å². The Morgan fingerprint density at radius 1 is 1.02 bits per heavy atom. The van der Waals surface area contributed by atoms with Crippen LogP contribution in [0.4, 0.5) is 23.7 Å². The third-order valence-corrected chi connectivity index (χ3v) is 8.34. The number of ether oxygens (including phenoxy) is 3. The van der Waals surface area contributed by atoms with Crippen molar-refractivity contribution in [3.63, 3.8) is 0 Å². The molecule has 0 aromatic heterocycles. The Balaban J connectivity index is 1.48. The summed E-state index contributed by atoms with van der Waals surface area (Å²) in [6, 6.07) is 11.0. The van der Waals surface area contributed by atoms with Crippen LogP contribution in [0.25, 0.3) is 6.08 Å². The van der Waals surface area contributed by atoms with Gasteiger partial charge in [-0.05, 0) is 94.0 Å². The maximum absolute atomic E-state index is 13.1. The average Bonchev–Trinajstić information content (AvgIpc) is 3.20. The number of rotatable bonds is 9. The van der Waals surface area contributed by atoms with Gasteiger partial charge in [-0.25, -0.2) is 0 Å². The Hall–Kier alpha value is -3.14. The second kappa shape index (κ2) is 13.7. The number of amides is 3. The molecule has 15 heteroatoms. The summed E-state index contributed by atoms with van der Waals surface area (Å²) in [6.45, 7) is -0.542.